The first kappa shape index (κ1) is 33.1. The second-order valence-electron chi connectivity index (χ2n) is 11.1. The number of ether oxygens (including phenoxy) is 2. The first-order chi connectivity index (χ1) is 20.6. The Morgan fingerprint density at radius 1 is 0.837 bits per heavy atom. The highest BCUT2D eigenvalue weighted by Gasteiger charge is 2.42. The molecule has 0 heterocycles. The number of hydrogen-bond acceptors (Lipinski definition) is 7. The van der Waals surface area contributed by atoms with Crippen molar-refractivity contribution >= 4 is 29.8 Å². The van der Waals surface area contributed by atoms with Gasteiger partial charge in [0.15, 0.2) is 0 Å². The minimum Gasteiger partial charge on any atom is -0.467 e. The van der Waals surface area contributed by atoms with Gasteiger partial charge < -0.3 is 30.7 Å². The standard InChI is InChI=1S/C32H42N4O7/c1-22(2)27(35-31(41)43-21-24-15-9-5-10-16-24)28(38)36-32(17-11-6-12-18-32)30(40)33-20-26(37)34-25(29(39)42-3)19-23-13-7-4-8-14-23/h4-5,7-10,13-16,22,25,27H,6,11-12,17-21H2,1-3H3,(H,33,40)(H,34,37)(H,35,41)(H,36,38)/t25-,27+/m0/s1. The van der Waals surface area contributed by atoms with Gasteiger partial charge in [-0.1, -0.05) is 93.8 Å². The van der Waals surface area contributed by atoms with Gasteiger partial charge in [0.1, 0.15) is 24.2 Å². The molecule has 11 nitrogen and oxygen atoms in total. The molecule has 0 spiro atoms. The fourth-order valence-electron chi connectivity index (χ4n) is 5.06. The van der Waals surface area contributed by atoms with Crippen LogP contribution in [-0.4, -0.2) is 61.1 Å². The van der Waals surface area contributed by atoms with Crippen LogP contribution in [0.3, 0.4) is 0 Å². The van der Waals surface area contributed by atoms with Gasteiger partial charge in [-0.3, -0.25) is 14.4 Å². The molecular formula is C32H42N4O7. The minimum absolute atomic E-state index is 0.0513. The average Bonchev–Trinajstić information content (AvgIpc) is 3.02. The van der Waals surface area contributed by atoms with E-state index < -0.39 is 54.0 Å². The number of hydrogen-bond donors (Lipinski definition) is 4. The fraction of sp³-hybridized carbons (Fsp3) is 0.469. The predicted octanol–water partition coefficient (Wildman–Crippen LogP) is 2.77. The molecule has 2 atom stereocenters. The largest absolute Gasteiger partial charge is 0.467 e. The summed E-state index contributed by atoms with van der Waals surface area (Å²) in [5.41, 5.74) is 0.399. The van der Waals surface area contributed by atoms with E-state index in [1.165, 1.54) is 7.11 Å². The topological polar surface area (TPSA) is 152 Å². The molecule has 1 aliphatic carbocycles. The number of esters is 1. The smallest absolute Gasteiger partial charge is 0.408 e. The normalized spacial score (nSPS) is 15.3. The molecule has 3 rings (SSSR count). The molecule has 0 unspecified atom stereocenters. The van der Waals surface area contributed by atoms with E-state index in [0.717, 1.165) is 17.5 Å². The Labute approximate surface area is 252 Å². The molecule has 43 heavy (non-hydrogen) atoms. The Balaban J connectivity index is 1.61. The van der Waals surface area contributed by atoms with Crippen LogP contribution in [0.4, 0.5) is 4.79 Å². The van der Waals surface area contributed by atoms with Crippen LogP contribution in [0.5, 0.6) is 0 Å². The highest BCUT2D eigenvalue weighted by Crippen LogP contribution is 2.29. The molecular weight excluding hydrogens is 552 g/mol. The summed E-state index contributed by atoms with van der Waals surface area (Å²) in [4.78, 5) is 64.5. The number of amides is 4. The molecule has 11 heteroatoms. The molecule has 2 aromatic carbocycles. The lowest BCUT2D eigenvalue weighted by Gasteiger charge is -2.38. The highest BCUT2D eigenvalue weighted by molar-refractivity contribution is 5.96. The van der Waals surface area contributed by atoms with E-state index in [1.807, 2.05) is 60.7 Å². The summed E-state index contributed by atoms with van der Waals surface area (Å²) in [5.74, 6) is -2.48. The van der Waals surface area contributed by atoms with E-state index in [-0.39, 0.29) is 18.9 Å². The van der Waals surface area contributed by atoms with Crippen LogP contribution in [0.15, 0.2) is 60.7 Å². The third kappa shape index (κ3) is 10.1. The van der Waals surface area contributed by atoms with Crippen molar-refractivity contribution in [3.05, 3.63) is 71.8 Å². The Morgan fingerprint density at radius 3 is 2.02 bits per heavy atom. The van der Waals surface area contributed by atoms with Crippen LogP contribution >= 0.6 is 0 Å². The summed E-state index contributed by atoms with van der Waals surface area (Å²) in [7, 11) is 1.24. The van der Waals surface area contributed by atoms with Gasteiger partial charge in [0.2, 0.25) is 17.7 Å². The molecule has 0 bridgehead atoms. The van der Waals surface area contributed by atoms with Crippen LogP contribution in [0.2, 0.25) is 0 Å². The zero-order valence-corrected chi connectivity index (χ0v) is 25.0. The van der Waals surface area contributed by atoms with Gasteiger partial charge in [0, 0.05) is 6.42 Å². The monoisotopic (exact) mass is 594 g/mol. The van der Waals surface area contributed by atoms with Crippen molar-refractivity contribution in [1.29, 1.82) is 0 Å². The van der Waals surface area contributed by atoms with E-state index in [0.29, 0.717) is 25.7 Å². The van der Waals surface area contributed by atoms with Crippen molar-refractivity contribution in [1.82, 2.24) is 21.3 Å². The summed E-state index contributed by atoms with van der Waals surface area (Å²) in [6.45, 7) is 3.23. The van der Waals surface area contributed by atoms with E-state index >= 15 is 0 Å². The molecule has 4 N–H and O–H groups in total. The van der Waals surface area contributed by atoms with Crippen molar-refractivity contribution in [3.63, 3.8) is 0 Å². The number of rotatable bonds is 13. The summed E-state index contributed by atoms with van der Waals surface area (Å²) < 4.78 is 10.1. The zero-order chi connectivity index (χ0) is 31.2. The number of methoxy groups -OCH3 is 1. The Hall–Kier alpha value is -4.41. The molecule has 1 fully saturated rings. The SMILES string of the molecule is COC(=O)[C@H](Cc1ccccc1)NC(=O)CNC(=O)C1(NC(=O)[C@H](NC(=O)OCc2ccccc2)C(C)C)CCCCC1. The number of carbonyl (C=O) groups is 5. The van der Waals surface area contributed by atoms with E-state index in [4.69, 9.17) is 9.47 Å². The molecule has 0 aromatic heterocycles. The van der Waals surface area contributed by atoms with Crippen LogP contribution in [0, 0.1) is 5.92 Å². The zero-order valence-electron chi connectivity index (χ0n) is 25.0. The molecule has 4 amide bonds. The Kier molecular flexibility index (Phi) is 12.5. The van der Waals surface area contributed by atoms with E-state index in [2.05, 4.69) is 21.3 Å². The third-order valence-electron chi connectivity index (χ3n) is 7.45. The first-order valence-electron chi connectivity index (χ1n) is 14.6. The van der Waals surface area contributed by atoms with Gasteiger partial charge in [-0.25, -0.2) is 9.59 Å². The summed E-state index contributed by atoms with van der Waals surface area (Å²) in [6.07, 6.45) is 2.57. The number of benzene rings is 2. The lowest BCUT2D eigenvalue weighted by atomic mass is 9.80. The molecule has 0 radical (unpaired) electrons. The molecule has 2 aromatic rings. The van der Waals surface area contributed by atoms with Gasteiger partial charge >= 0.3 is 12.1 Å². The maximum Gasteiger partial charge on any atom is 0.408 e. The summed E-state index contributed by atoms with van der Waals surface area (Å²) in [5, 5.41) is 10.8. The van der Waals surface area contributed by atoms with Crippen LogP contribution in [-0.2, 0) is 41.7 Å². The summed E-state index contributed by atoms with van der Waals surface area (Å²) >= 11 is 0. The van der Waals surface area contributed by atoms with Gasteiger partial charge in [-0.05, 0) is 29.9 Å². The number of alkyl carbamates (subject to hydrolysis) is 1. The van der Waals surface area contributed by atoms with Crippen molar-refractivity contribution < 1.29 is 33.4 Å². The van der Waals surface area contributed by atoms with Gasteiger partial charge in [-0.15, -0.1) is 0 Å². The minimum atomic E-state index is -1.25. The van der Waals surface area contributed by atoms with E-state index in [9.17, 15) is 24.0 Å². The van der Waals surface area contributed by atoms with Crippen LogP contribution < -0.4 is 21.3 Å². The second kappa shape index (κ2) is 16.3. The quantitative estimate of drug-likeness (QED) is 0.260. The number of nitrogens with one attached hydrogen (secondary N) is 4. The van der Waals surface area contributed by atoms with Crippen LogP contribution in [0.1, 0.15) is 57.1 Å². The maximum atomic E-state index is 13.5. The Bertz CT molecular complexity index is 1230. The van der Waals surface area contributed by atoms with Crippen molar-refractivity contribution in [3.8, 4) is 0 Å². The molecule has 0 saturated heterocycles. The highest BCUT2D eigenvalue weighted by atomic mass is 16.5. The fourth-order valence-corrected chi connectivity index (χ4v) is 5.06. The molecule has 232 valence electrons. The lowest BCUT2D eigenvalue weighted by Crippen LogP contribution is -2.64. The average molecular weight is 595 g/mol. The predicted molar refractivity (Wildman–Crippen MR) is 159 cm³/mol. The molecule has 0 aliphatic heterocycles. The lowest BCUT2D eigenvalue weighted by molar-refractivity contribution is -0.145. The Morgan fingerprint density at radius 2 is 1.44 bits per heavy atom. The van der Waals surface area contributed by atoms with E-state index in [1.54, 1.807) is 13.8 Å². The second-order valence-corrected chi connectivity index (χ2v) is 11.1. The number of carbonyl (C=O) groups excluding carboxylic acids is 5. The third-order valence-corrected chi connectivity index (χ3v) is 7.45. The van der Waals surface area contributed by atoms with Gasteiger partial charge in [-0.2, -0.15) is 0 Å². The van der Waals surface area contributed by atoms with Gasteiger partial charge in [0.05, 0.1) is 13.7 Å². The maximum absolute atomic E-state index is 13.5. The van der Waals surface area contributed by atoms with Gasteiger partial charge in [0.25, 0.3) is 0 Å². The van der Waals surface area contributed by atoms with Crippen molar-refractivity contribution in [2.75, 3.05) is 13.7 Å². The van der Waals surface area contributed by atoms with Crippen molar-refractivity contribution in [2.24, 2.45) is 5.92 Å². The van der Waals surface area contributed by atoms with Crippen molar-refractivity contribution in [2.45, 2.75) is 76.6 Å². The molecule has 1 saturated carbocycles. The van der Waals surface area contributed by atoms with Crippen LogP contribution in [0.25, 0.3) is 0 Å². The first-order valence-corrected chi connectivity index (χ1v) is 14.6. The summed E-state index contributed by atoms with van der Waals surface area (Å²) in [6, 6.07) is 16.5. The molecule has 1 aliphatic rings.